The quantitative estimate of drug-likeness (QED) is 0.615. The molecule has 2 rings (SSSR count). The van der Waals surface area contributed by atoms with Crippen molar-refractivity contribution in [1.29, 1.82) is 0 Å². The van der Waals surface area contributed by atoms with Crippen molar-refractivity contribution < 1.29 is 19.3 Å². The van der Waals surface area contributed by atoms with E-state index < -0.39 is 6.10 Å². The lowest BCUT2D eigenvalue weighted by atomic mass is 10.1. The van der Waals surface area contributed by atoms with Crippen molar-refractivity contribution in [3.05, 3.63) is 77.9 Å². The minimum Gasteiger partial charge on any atom is -0.497 e. The molecule has 0 heterocycles. The van der Waals surface area contributed by atoms with Crippen molar-refractivity contribution in [2.75, 3.05) is 13.7 Å². The van der Waals surface area contributed by atoms with Crippen molar-refractivity contribution >= 4 is 0 Å². The Balaban J connectivity index is 1.75. The molecule has 0 saturated carbocycles. The van der Waals surface area contributed by atoms with Gasteiger partial charge in [0.15, 0.2) is 0 Å². The Morgan fingerprint density at radius 3 is 2.31 bits per heavy atom. The summed E-state index contributed by atoms with van der Waals surface area (Å²) in [4.78, 5) is 0. The first kappa shape index (κ1) is 20.2. The summed E-state index contributed by atoms with van der Waals surface area (Å²) in [5, 5.41) is 10.2. The predicted octanol–water partition coefficient (Wildman–Crippen LogP) is 4.12. The first-order chi connectivity index (χ1) is 12.7. The Hall–Kier alpha value is -2.14. The van der Waals surface area contributed by atoms with Gasteiger partial charge in [0, 0.05) is 6.42 Å². The van der Waals surface area contributed by atoms with Crippen LogP contribution in [0, 0.1) is 0 Å². The van der Waals surface area contributed by atoms with E-state index >= 15 is 0 Å². The number of benzene rings is 2. The van der Waals surface area contributed by atoms with Crippen LogP contribution in [0.3, 0.4) is 0 Å². The number of methoxy groups -OCH3 is 1. The molecule has 4 heteroatoms. The van der Waals surface area contributed by atoms with Gasteiger partial charge >= 0.3 is 0 Å². The summed E-state index contributed by atoms with van der Waals surface area (Å²) in [5.74, 6) is 0.824. The van der Waals surface area contributed by atoms with Crippen molar-refractivity contribution in [2.24, 2.45) is 0 Å². The fourth-order valence-corrected chi connectivity index (χ4v) is 2.57. The van der Waals surface area contributed by atoms with Crippen LogP contribution >= 0.6 is 0 Å². The lowest BCUT2D eigenvalue weighted by Gasteiger charge is -2.18. The van der Waals surface area contributed by atoms with E-state index in [9.17, 15) is 5.11 Å². The lowest BCUT2D eigenvalue weighted by molar-refractivity contribution is -0.0130. The maximum Gasteiger partial charge on any atom is 0.118 e. The SMILES string of the molecule is C/C=C\[C@H](C[C@@H](O)COCc1ccccc1)OCc1ccc(OC)cc1. The van der Waals surface area contributed by atoms with E-state index in [1.165, 1.54) is 0 Å². The highest BCUT2D eigenvalue weighted by atomic mass is 16.5. The van der Waals surface area contributed by atoms with Gasteiger partial charge in [0.05, 0.1) is 39.1 Å². The molecule has 0 aliphatic rings. The van der Waals surface area contributed by atoms with Gasteiger partial charge in [0.25, 0.3) is 0 Å². The molecule has 0 aliphatic heterocycles. The average Bonchev–Trinajstić information content (AvgIpc) is 2.67. The lowest BCUT2D eigenvalue weighted by Crippen LogP contribution is -2.23. The number of hydrogen-bond donors (Lipinski definition) is 1. The summed E-state index contributed by atoms with van der Waals surface area (Å²) in [6.45, 7) is 3.21. The van der Waals surface area contributed by atoms with E-state index in [1.807, 2.05) is 73.7 Å². The van der Waals surface area contributed by atoms with Crippen LogP contribution in [0.15, 0.2) is 66.7 Å². The molecule has 2 atom stereocenters. The molecule has 0 unspecified atom stereocenters. The van der Waals surface area contributed by atoms with Gasteiger partial charge in [-0.1, -0.05) is 54.6 Å². The molecule has 0 spiro atoms. The fraction of sp³-hybridized carbons (Fsp3) is 0.364. The van der Waals surface area contributed by atoms with Crippen LogP contribution in [-0.2, 0) is 22.7 Å². The Labute approximate surface area is 156 Å². The summed E-state index contributed by atoms with van der Waals surface area (Å²) in [6.07, 6.45) is 3.67. The number of hydrogen-bond acceptors (Lipinski definition) is 4. The third-order valence-corrected chi connectivity index (χ3v) is 3.96. The summed E-state index contributed by atoms with van der Waals surface area (Å²) < 4.78 is 16.7. The van der Waals surface area contributed by atoms with Gasteiger partial charge in [-0.15, -0.1) is 0 Å². The third-order valence-electron chi connectivity index (χ3n) is 3.96. The normalized spacial score (nSPS) is 13.7. The van der Waals surface area contributed by atoms with E-state index in [4.69, 9.17) is 14.2 Å². The number of allylic oxidation sites excluding steroid dienone is 1. The molecular formula is C22H28O4. The molecule has 0 saturated heterocycles. The van der Waals surface area contributed by atoms with Gasteiger partial charge < -0.3 is 19.3 Å². The molecule has 4 nitrogen and oxygen atoms in total. The standard InChI is InChI=1S/C22H28O4/c1-3-7-22(26-16-19-10-12-21(24-2)13-11-19)14-20(23)17-25-15-18-8-5-4-6-9-18/h3-13,20,22-23H,14-17H2,1-2H3/b7-3-/t20-,22-/m1/s1. The summed E-state index contributed by atoms with van der Waals surface area (Å²) in [5.41, 5.74) is 2.16. The van der Waals surface area contributed by atoms with E-state index in [2.05, 4.69) is 0 Å². The Kier molecular flexibility index (Phi) is 8.90. The van der Waals surface area contributed by atoms with E-state index in [0.29, 0.717) is 19.6 Å². The first-order valence-corrected chi connectivity index (χ1v) is 8.88. The average molecular weight is 356 g/mol. The summed E-state index contributed by atoms with van der Waals surface area (Å²) in [7, 11) is 1.65. The minimum atomic E-state index is -0.573. The number of aliphatic hydroxyl groups excluding tert-OH is 1. The van der Waals surface area contributed by atoms with E-state index in [1.54, 1.807) is 7.11 Å². The Morgan fingerprint density at radius 2 is 1.65 bits per heavy atom. The Bertz CT molecular complexity index is 637. The van der Waals surface area contributed by atoms with Gasteiger partial charge in [-0.2, -0.15) is 0 Å². The molecule has 2 aromatic rings. The van der Waals surface area contributed by atoms with E-state index in [0.717, 1.165) is 16.9 Å². The molecular weight excluding hydrogens is 328 g/mol. The highest BCUT2D eigenvalue weighted by Gasteiger charge is 2.13. The van der Waals surface area contributed by atoms with Crippen molar-refractivity contribution in [3.63, 3.8) is 0 Å². The topological polar surface area (TPSA) is 47.9 Å². The van der Waals surface area contributed by atoms with Crippen LogP contribution < -0.4 is 4.74 Å². The van der Waals surface area contributed by atoms with Crippen LogP contribution in [-0.4, -0.2) is 31.0 Å². The minimum absolute atomic E-state index is 0.155. The second-order valence-electron chi connectivity index (χ2n) is 6.11. The van der Waals surface area contributed by atoms with Gasteiger partial charge in [-0.05, 0) is 30.2 Å². The molecule has 0 aliphatic carbocycles. The smallest absolute Gasteiger partial charge is 0.118 e. The second-order valence-corrected chi connectivity index (χ2v) is 6.11. The number of ether oxygens (including phenoxy) is 3. The third kappa shape index (κ3) is 7.40. The largest absolute Gasteiger partial charge is 0.497 e. The highest BCUT2D eigenvalue weighted by molar-refractivity contribution is 5.26. The molecule has 26 heavy (non-hydrogen) atoms. The number of aliphatic hydroxyl groups is 1. The van der Waals surface area contributed by atoms with Crippen LogP contribution in [0.1, 0.15) is 24.5 Å². The molecule has 2 aromatic carbocycles. The van der Waals surface area contributed by atoms with Crippen molar-refractivity contribution in [3.8, 4) is 5.75 Å². The Morgan fingerprint density at radius 1 is 0.962 bits per heavy atom. The molecule has 1 N–H and O–H groups in total. The molecule has 0 bridgehead atoms. The molecule has 0 radical (unpaired) electrons. The molecule has 0 aromatic heterocycles. The van der Waals surface area contributed by atoms with Crippen molar-refractivity contribution in [1.82, 2.24) is 0 Å². The maximum absolute atomic E-state index is 10.2. The van der Waals surface area contributed by atoms with Crippen molar-refractivity contribution in [2.45, 2.75) is 38.8 Å². The van der Waals surface area contributed by atoms with Gasteiger partial charge in [0.2, 0.25) is 0 Å². The fourth-order valence-electron chi connectivity index (χ4n) is 2.57. The van der Waals surface area contributed by atoms with Crippen LogP contribution in [0.2, 0.25) is 0 Å². The zero-order valence-corrected chi connectivity index (χ0v) is 15.5. The van der Waals surface area contributed by atoms with Crippen LogP contribution in [0.25, 0.3) is 0 Å². The first-order valence-electron chi connectivity index (χ1n) is 8.88. The van der Waals surface area contributed by atoms with Gasteiger partial charge in [0.1, 0.15) is 5.75 Å². The second kappa shape index (κ2) is 11.5. The highest BCUT2D eigenvalue weighted by Crippen LogP contribution is 2.14. The van der Waals surface area contributed by atoms with E-state index in [-0.39, 0.29) is 12.7 Å². The molecule has 140 valence electrons. The number of rotatable bonds is 11. The van der Waals surface area contributed by atoms with Gasteiger partial charge in [-0.25, -0.2) is 0 Å². The zero-order valence-electron chi connectivity index (χ0n) is 15.5. The van der Waals surface area contributed by atoms with Gasteiger partial charge in [-0.3, -0.25) is 0 Å². The van der Waals surface area contributed by atoms with Crippen LogP contribution in [0.4, 0.5) is 0 Å². The van der Waals surface area contributed by atoms with Crippen LogP contribution in [0.5, 0.6) is 5.75 Å². The molecule has 0 fully saturated rings. The summed E-state index contributed by atoms with van der Waals surface area (Å²) >= 11 is 0. The summed E-state index contributed by atoms with van der Waals surface area (Å²) in [6, 6.07) is 17.7. The monoisotopic (exact) mass is 356 g/mol. The zero-order chi connectivity index (χ0) is 18.6. The maximum atomic E-state index is 10.2. The predicted molar refractivity (Wildman–Crippen MR) is 103 cm³/mol. The molecule has 0 amide bonds.